The molecule has 1 aromatic heterocycles. The normalized spacial score (nSPS) is 10.8. The lowest BCUT2D eigenvalue weighted by Gasteiger charge is -1.98. The van der Waals surface area contributed by atoms with Gasteiger partial charge < -0.3 is 4.42 Å². The van der Waals surface area contributed by atoms with Crippen LogP contribution in [0.3, 0.4) is 0 Å². The van der Waals surface area contributed by atoms with E-state index in [1.807, 2.05) is 6.07 Å². The number of furan rings is 1. The molecule has 0 spiro atoms. The van der Waals surface area contributed by atoms with Gasteiger partial charge in [-0.1, -0.05) is 22.0 Å². The Morgan fingerprint density at radius 2 is 2.25 bits per heavy atom. The Kier molecular flexibility index (Phi) is 1.97. The molecule has 0 unspecified atom stereocenters. The van der Waals surface area contributed by atoms with Crippen molar-refractivity contribution in [2.75, 3.05) is 0 Å². The third-order valence-electron chi connectivity index (χ3n) is 1.95. The average molecular weight is 223 g/mol. The Labute approximate surface area is 80.3 Å². The molecule has 0 saturated carbocycles. The third-order valence-corrected chi connectivity index (χ3v) is 2.60. The van der Waals surface area contributed by atoms with Crippen molar-refractivity contribution < 1.29 is 4.42 Å². The van der Waals surface area contributed by atoms with Crippen molar-refractivity contribution in [3.8, 4) is 0 Å². The highest BCUT2D eigenvalue weighted by Gasteiger charge is 2.01. The van der Waals surface area contributed by atoms with Gasteiger partial charge in [-0.2, -0.15) is 0 Å². The van der Waals surface area contributed by atoms with E-state index in [9.17, 15) is 0 Å². The van der Waals surface area contributed by atoms with Gasteiger partial charge in [0.1, 0.15) is 13.4 Å². The first kappa shape index (κ1) is 7.93. The van der Waals surface area contributed by atoms with Gasteiger partial charge in [-0.3, -0.25) is 0 Å². The number of hydrogen-bond acceptors (Lipinski definition) is 1. The third kappa shape index (κ3) is 1.18. The van der Waals surface area contributed by atoms with Gasteiger partial charge in [0.2, 0.25) is 0 Å². The first-order valence-electron chi connectivity index (χ1n) is 3.84. The summed E-state index contributed by atoms with van der Waals surface area (Å²) >= 11 is 3.44. The van der Waals surface area contributed by atoms with Crippen LogP contribution in [0.1, 0.15) is 5.56 Å². The van der Waals surface area contributed by atoms with Crippen molar-refractivity contribution in [3.63, 3.8) is 0 Å². The molecule has 0 atom stereocenters. The van der Waals surface area contributed by atoms with Gasteiger partial charge in [0, 0.05) is 10.7 Å². The van der Waals surface area contributed by atoms with Crippen LogP contribution in [0, 0.1) is 0 Å². The van der Waals surface area contributed by atoms with Gasteiger partial charge in [-0.05, 0) is 23.2 Å². The second-order valence-corrected chi connectivity index (χ2v) is 3.45. The lowest BCUT2D eigenvalue weighted by atomic mass is 9.93. The van der Waals surface area contributed by atoms with Gasteiger partial charge in [0.25, 0.3) is 0 Å². The summed E-state index contributed by atoms with van der Waals surface area (Å²) in [5.74, 6) is 0. The zero-order valence-corrected chi connectivity index (χ0v) is 8.39. The first-order valence-corrected chi connectivity index (χ1v) is 4.96. The SMILES string of the molecule is Bc1cc(CBr)cc2ccoc12. The molecule has 0 radical (unpaired) electrons. The highest BCUT2D eigenvalue weighted by atomic mass is 79.9. The van der Waals surface area contributed by atoms with Gasteiger partial charge in [0.15, 0.2) is 0 Å². The molecule has 2 aromatic rings. The summed E-state index contributed by atoms with van der Waals surface area (Å²) < 4.78 is 5.33. The molecule has 3 heteroatoms. The van der Waals surface area contributed by atoms with Crippen LogP contribution in [-0.2, 0) is 5.33 Å². The van der Waals surface area contributed by atoms with Crippen LogP contribution in [-0.4, -0.2) is 7.85 Å². The lowest BCUT2D eigenvalue weighted by Crippen LogP contribution is -2.03. The van der Waals surface area contributed by atoms with Crippen molar-refractivity contribution in [1.82, 2.24) is 0 Å². The summed E-state index contributed by atoms with van der Waals surface area (Å²) in [6, 6.07) is 6.27. The zero-order valence-electron chi connectivity index (χ0n) is 6.80. The van der Waals surface area contributed by atoms with Crippen LogP contribution in [0.2, 0.25) is 0 Å². The van der Waals surface area contributed by atoms with Crippen LogP contribution in [0.5, 0.6) is 0 Å². The summed E-state index contributed by atoms with van der Waals surface area (Å²) in [5.41, 5.74) is 3.49. The van der Waals surface area contributed by atoms with Gasteiger partial charge >= 0.3 is 0 Å². The number of halogens is 1. The zero-order chi connectivity index (χ0) is 8.55. The maximum absolute atomic E-state index is 5.33. The number of benzene rings is 1. The van der Waals surface area contributed by atoms with E-state index in [0.717, 1.165) is 10.9 Å². The predicted molar refractivity (Wildman–Crippen MR) is 57.0 cm³/mol. The molecule has 60 valence electrons. The van der Waals surface area contributed by atoms with Crippen molar-refractivity contribution in [1.29, 1.82) is 0 Å². The smallest absolute Gasteiger partial charge is 0.144 e. The molecule has 0 saturated heterocycles. The molecular weight excluding hydrogens is 215 g/mol. The largest absolute Gasteiger partial charge is 0.465 e. The van der Waals surface area contributed by atoms with E-state index >= 15 is 0 Å². The Hall–Kier alpha value is -0.695. The van der Waals surface area contributed by atoms with Gasteiger partial charge in [0.05, 0.1) is 6.26 Å². The van der Waals surface area contributed by atoms with E-state index in [1.54, 1.807) is 6.26 Å². The molecule has 1 aromatic carbocycles. The summed E-state index contributed by atoms with van der Waals surface area (Å²) in [6.07, 6.45) is 1.73. The van der Waals surface area contributed by atoms with E-state index in [-0.39, 0.29) is 0 Å². The molecule has 0 aliphatic rings. The fourth-order valence-corrected chi connectivity index (χ4v) is 1.74. The van der Waals surface area contributed by atoms with Crippen molar-refractivity contribution in [2.24, 2.45) is 0 Å². The molecule has 12 heavy (non-hydrogen) atoms. The van der Waals surface area contributed by atoms with E-state index < -0.39 is 0 Å². The molecule has 0 fully saturated rings. The number of rotatable bonds is 1. The molecule has 2 rings (SSSR count). The summed E-state index contributed by atoms with van der Waals surface area (Å²) in [5, 5.41) is 2.08. The molecular formula is C9H8BBrO. The average Bonchev–Trinajstić information content (AvgIpc) is 2.52. The van der Waals surface area contributed by atoms with Gasteiger partial charge in [-0.15, -0.1) is 0 Å². The topological polar surface area (TPSA) is 13.1 Å². The van der Waals surface area contributed by atoms with Crippen LogP contribution in [0.15, 0.2) is 28.9 Å². The Bertz CT molecular complexity index is 408. The molecule has 0 N–H and O–H groups in total. The maximum atomic E-state index is 5.33. The van der Waals surface area contributed by atoms with Gasteiger partial charge in [-0.25, -0.2) is 0 Å². The van der Waals surface area contributed by atoms with E-state index in [1.165, 1.54) is 16.4 Å². The Morgan fingerprint density at radius 3 is 3.00 bits per heavy atom. The first-order chi connectivity index (χ1) is 5.81. The number of hydrogen-bond donors (Lipinski definition) is 0. The Morgan fingerprint density at radius 1 is 1.42 bits per heavy atom. The number of alkyl halides is 1. The quantitative estimate of drug-likeness (QED) is 0.528. The Balaban J connectivity index is 2.75. The second kappa shape index (κ2) is 2.98. The van der Waals surface area contributed by atoms with E-state index in [4.69, 9.17) is 4.42 Å². The minimum absolute atomic E-state index is 0.898. The predicted octanol–water partition coefficient (Wildman–Crippen LogP) is 1.59. The molecule has 0 amide bonds. The lowest BCUT2D eigenvalue weighted by molar-refractivity contribution is 0.618. The monoisotopic (exact) mass is 222 g/mol. The summed E-state index contributed by atoms with van der Waals surface area (Å²) in [7, 11) is 2.07. The van der Waals surface area contributed by atoms with Crippen molar-refractivity contribution in [2.45, 2.75) is 5.33 Å². The molecule has 0 aliphatic carbocycles. The van der Waals surface area contributed by atoms with Crippen LogP contribution in [0.25, 0.3) is 11.0 Å². The minimum atomic E-state index is 0.898. The fourth-order valence-electron chi connectivity index (χ4n) is 1.42. The maximum Gasteiger partial charge on any atom is 0.144 e. The standard InChI is InChI=1S/C9H8BBrO/c10-8-4-6(5-11)3-7-1-2-12-9(7)8/h1-4H,5,10H2. The number of fused-ring (bicyclic) bond motifs is 1. The highest BCUT2D eigenvalue weighted by molar-refractivity contribution is 9.08. The van der Waals surface area contributed by atoms with Crippen LogP contribution >= 0.6 is 15.9 Å². The van der Waals surface area contributed by atoms with Crippen molar-refractivity contribution >= 4 is 40.2 Å². The van der Waals surface area contributed by atoms with E-state index in [0.29, 0.717) is 0 Å². The van der Waals surface area contributed by atoms with Crippen LogP contribution < -0.4 is 5.46 Å². The second-order valence-electron chi connectivity index (χ2n) is 2.89. The summed E-state index contributed by atoms with van der Waals surface area (Å²) in [6.45, 7) is 0. The minimum Gasteiger partial charge on any atom is -0.465 e. The highest BCUT2D eigenvalue weighted by Crippen LogP contribution is 2.16. The van der Waals surface area contributed by atoms with E-state index in [2.05, 4.69) is 35.9 Å². The van der Waals surface area contributed by atoms with Crippen LogP contribution in [0.4, 0.5) is 0 Å². The molecule has 1 nitrogen and oxygen atoms in total. The molecule has 1 heterocycles. The molecule has 0 bridgehead atoms. The fraction of sp³-hybridized carbons (Fsp3) is 0.111. The molecule has 0 aliphatic heterocycles. The summed E-state index contributed by atoms with van der Waals surface area (Å²) in [4.78, 5) is 0. The van der Waals surface area contributed by atoms with Crippen molar-refractivity contribution in [3.05, 3.63) is 30.0 Å².